The lowest BCUT2D eigenvalue weighted by molar-refractivity contribution is -0.140. The minimum Gasteiger partial charge on any atom is -0.481 e. The van der Waals surface area contributed by atoms with Gasteiger partial charge < -0.3 is 14.7 Å². The van der Waals surface area contributed by atoms with Gasteiger partial charge in [0.2, 0.25) is 5.91 Å². The van der Waals surface area contributed by atoms with E-state index in [-0.39, 0.29) is 18.4 Å². The third-order valence-electron chi connectivity index (χ3n) is 2.18. The first kappa shape index (κ1) is 13.9. The lowest BCUT2D eigenvalue weighted by Gasteiger charge is -2.26. The Kier molecular flexibility index (Phi) is 6.70. The monoisotopic (exact) mass is 217 g/mol. The Morgan fingerprint density at radius 3 is 2.47 bits per heavy atom. The lowest BCUT2D eigenvalue weighted by Crippen LogP contribution is -2.40. The van der Waals surface area contributed by atoms with Gasteiger partial charge in [-0.05, 0) is 13.8 Å². The summed E-state index contributed by atoms with van der Waals surface area (Å²) in [5, 5.41) is 8.62. The summed E-state index contributed by atoms with van der Waals surface area (Å²) in [7, 11) is 1.53. The number of rotatable bonds is 7. The molecule has 5 nitrogen and oxygen atoms in total. The Hall–Kier alpha value is -1.10. The summed E-state index contributed by atoms with van der Waals surface area (Å²) in [5.41, 5.74) is 0. The molecule has 15 heavy (non-hydrogen) atoms. The molecule has 0 fully saturated rings. The van der Waals surface area contributed by atoms with Crippen LogP contribution in [-0.2, 0) is 14.3 Å². The van der Waals surface area contributed by atoms with Crippen LogP contribution in [0.2, 0.25) is 0 Å². The molecule has 0 aromatic heterocycles. The van der Waals surface area contributed by atoms with Gasteiger partial charge in [0.1, 0.15) is 0 Å². The van der Waals surface area contributed by atoms with Gasteiger partial charge in [-0.25, -0.2) is 0 Å². The van der Waals surface area contributed by atoms with Crippen LogP contribution < -0.4 is 0 Å². The molecule has 1 unspecified atom stereocenters. The number of hydrogen-bond acceptors (Lipinski definition) is 3. The van der Waals surface area contributed by atoms with Crippen LogP contribution in [0, 0.1) is 0 Å². The number of nitrogens with zero attached hydrogens (tertiary/aromatic N) is 1. The van der Waals surface area contributed by atoms with E-state index in [1.165, 1.54) is 7.11 Å². The molecular formula is C10H19NO4. The van der Waals surface area contributed by atoms with Crippen LogP contribution in [-0.4, -0.2) is 48.2 Å². The van der Waals surface area contributed by atoms with Crippen molar-refractivity contribution in [1.29, 1.82) is 0 Å². The van der Waals surface area contributed by atoms with Crippen molar-refractivity contribution in [2.45, 2.75) is 32.7 Å². The summed E-state index contributed by atoms with van der Waals surface area (Å²) in [5.74, 6) is -0.950. The van der Waals surface area contributed by atoms with E-state index < -0.39 is 5.97 Å². The highest BCUT2D eigenvalue weighted by molar-refractivity contribution is 5.77. The topological polar surface area (TPSA) is 66.8 Å². The molecule has 0 radical (unpaired) electrons. The highest BCUT2D eigenvalue weighted by Gasteiger charge is 2.19. The largest absolute Gasteiger partial charge is 0.481 e. The van der Waals surface area contributed by atoms with Gasteiger partial charge in [-0.15, -0.1) is 0 Å². The molecule has 0 aliphatic rings. The summed E-state index contributed by atoms with van der Waals surface area (Å²) in [4.78, 5) is 23.7. The second-order valence-electron chi connectivity index (χ2n) is 3.37. The Morgan fingerprint density at radius 1 is 1.47 bits per heavy atom. The summed E-state index contributed by atoms with van der Waals surface area (Å²) in [6.07, 6.45) is 0.279. The van der Waals surface area contributed by atoms with E-state index in [1.807, 2.05) is 6.92 Å². The first-order valence-electron chi connectivity index (χ1n) is 5.03. The number of carboxylic acids is 1. The molecule has 1 amide bonds. The van der Waals surface area contributed by atoms with Crippen LogP contribution >= 0.6 is 0 Å². The molecule has 1 N–H and O–H groups in total. The van der Waals surface area contributed by atoms with Crippen LogP contribution in [0.15, 0.2) is 0 Å². The maximum Gasteiger partial charge on any atom is 0.305 e. The van der Waals surface area contributed by atoms with Gasteiger partial charge in [0.05, 0.1) is 19.4 Å². The summed E-state index contributed by atoms with van der Waals surface area (Å²) in [6, 6.07) is -0.267. The van der Waals surface area contributed by atoms with Crippen LogP contribution in [0.3, 0.4) is 0 Å². The minimum atomic E-state index is -0.888. The van der Waals surface area contributed by atoms with Crippen LogP contribution in [0.25, 0.3) is 0 Å². The summed E-state index contributed by atoms with van der Waals surface area (Å²) >= 11 is 0. The van der Waals surface area contributed by atoms with Crippen LogP contribution in [0.1, 0.15) is 26.7 Å². The van der Waals surface area contributed by atoms with Crippen molar-refractivity contribution in [3.05, 3.63) is 0 Å². The van der Waals surface area contributed by atoms with Gasteiger partial charge in [0.25, 0.3) is 0 Å². The van der Waals surface area contributed by atoms with E-state index >= 15 is 0 Å². The number of amides is 1. The average molecular weight is 217 g/mol. The van der Waals surface area contributed by atoms with Gasteiger partial charge in [-0.3, -0.25) is 9.59 Å². The predicted molar refractivity (Wildman–Crippen MR) is 55.6 cm³/mol. The fourth-order valence-corrected chi connectivity index (χ4v) is 1.43. The standard InChI is InChI=1S/C10H19NO4/c1-4-11(8(2)7-10(13)14)9(12)5-6-15-3/h8H,4-7H2,1-3H3,(H,13,14). The molecule has 88 valence electrons. The molecule has 1 atom stereocenters. The molecule has 0 aromatic carbocycles. The molecule has 0 rings (SSSR count). The average Bonchev–Trinajstić information content (AvgIpc) is 2.14. The number of carboxylic acid groups (broad SMARTS) is 1. The van der Waals surface area contributed by atoms with Gasteiger partial charge in [-0.2, -0.15) is 0 Å². The summed E-state index contributed by atoms with van der Waals surface area (Å²) in [6.45, 7) is 4.47. The highest BCUT2D eigenvalue weighted by Crippen LogP contribution is 2.06. The molecular weight excluding hydrogens is 198 g/mol. The molecule has 0 aromatic rings. The van der Waals surface area contributed by atoms with E-state index in [9.17, 15) is 9.59 Å². The SMILES string of the molecule is CCN(C(=O)CCOC)C(C)CC(=O)O. The zero-order valence-corrected chi connectivity index (χ0v) is 9.52. The molecule has 0 aliphatic carbocycles. The third-order valence-corrected chi connectivity index (χ3v) is 2.18. The maximum absolute atomic E-state index is 11.6. The van der Waals surface area contributed by atoms with Crippen LogP contribution in [0.4, 0.5) is 0 Å². The fraction of sp³-hybridized carbons (Fsp3) is 0.800. The molecule has 0 bridgehead atoms. The maximum atomic E-state index is 11.6. The van der Waals surface area contributed by atoms with Crippen LogP contribution in [0.5, 0.6) is 0 Å². The van der Waals surface area contributed by atoms with Gasteiger partial charge in [0, 0.05) is 19.7 Å². The second kappa shape index (κ2) is 7.23. The number of ether oxygens (including phenoxy) is 1. The van der Waals surface area contributed by atoms with Crippen molar-refractivity contribution in [2.24, 2.45) is 0 Å². The fourth-order valence-electron chi connectivity index (χ4n) is 1.43. The Labute approximate surface area is 90.0 Å². The van der Waals surface area contributed by atoms with Crippen molar-refractivity contribution in [1.82, 2.24) is 4.90 Å². The van der Waals surface area contributed by atoms with Crippen molar-refractivity contribution in [3.8, 4) is 0 Å². The molecule has 5 heteroatoms. The molecule has 0 heterocycles. The number of methoxy groups -OCH3 is 1. The van der Waals surface area contributed by atoms with Gasteiger partial charge >= 0.3 is 5.97 Å². The van der Waals surface area contributed by atoms with Crippen molar-refractivity contribution < 1.29 is 19.4 Å². The van der Waals surface area contributed by atoms with Crippen molar-refractivity contribution >= 4 is 11.9 Å². The molecule has 0 spiro atoms. The Balaban J connectivity index is 4.20. The molecule has 0 saturated heterocycles. The van der Waals surface area contributed by atoms with Gasteiger partial charge in [-0.1, -0.05) is 0 Å². The lowest BCUT2D eigenvalue weighted by atomic mass is 10.2. The Morgan fingerprint density at radius 2 is 2.07 bits per heavy atom. The Bertz CT molecular complexity index is 217. The highest BCUT2D eigenvalue weighted by atomic mass is 16.5. The number of aliphatic carboxylic acids is 1. The van der Waals surface area contributed by atoms with Crippen molar-refractivity contribution in [2.75, 3.05) is 20.3 Å². The number of carbonyl (C=O) groups excluding carboxylic acids is 1. The first-order chi connectivity index (χ1) is 7.02. The number of hydrogen-bond donors (Lipinski definition) is 1. The number of carbonyl (C=O) groups is 2. The van der Waals surface area contributed by atoms with E-state index in [0.29, 0.717) is 19.6 Å². The first-order valence-corrected chi connectivity index (χ1v) is 5.03. The predicted octanol–water partition coefficient (Wildman–Crippen LogP) is 0.735. The molecule has 0 saturated carbocycles. The summed E-state index contributed by atoms with van der Waals surface area (Å²) < 4.78 is 4.80. The quantitative estimate of drug-likeness (QED) is 0.682. The smallest absolute Gasteiger partial charge is 0.305 e. The zero-order valence-electron chi connectivity index (χ0n) is 9.52. The van der Waals surface area contributed by atoms with E-state index in [2.05, 4.69) is 0 Å². The third kappa shape index (κ3) is 5.37. The second-order valence-corrected chi connectivity index (χ2v) is 3.37. The van der Waals surface area contributed by atoms with E-state index in [1.54, 1.807) is 11.8 Å². The van der Waals surface area contributed by atoms with Crippen molar-refractivity contribution in [3.63, 3.8) is 0 Å². The van der Waals surface area contributed by atoms with E-state index in [4.69, 9.17) is 9.84 Å². The zero-order chi connectivity index (χ0) is 11.8. The normalized spacial score (nSPS) is 12.2. The minimum absolute atomic E-state index is 0.0213. The molecule has 0 aliphatic heterocycles. The van der Waals surface area contributed by atoms with Gasteiger partial charge in [0.15, 0.2) is 0 Å². The van der Waals surface area contributed by atoms with E-state index in [0.717, 1.165) is 0 Å².